The lowest BCUT2D eigenvalue weighted by Gasteiger charge is -2.37. The molecule has 0 radical (unpaired) electrons. The minimum Gasteiger partial charge on any atom is -0.489 e. The Labute approximate surface area is 183 Å². The molecule has 1 atom stereocenters. The van der Waals surface area contributed by atoms with Crippen molar-refractivity contribution in [2.24, 2.45) is 0 Å². The van der Waals surface area contributed by atoms with Crippen LogP contribution in [0.1, 0.15) is 30.1 Å². The van der Waals surface area contributed by atoms with Gasteiger partial charge in [0, 0.05) is 18.3 Å². The molecule has 0 bridgehead atoms. The molecule has 2 aromatic carbocycles. The van der Waals surface area contributed by atoms with Gasteiger partial charge < -0.3 is 36.3 Å². The van der Waals surface area contributed by atoms with Crippen molar-refractivity contribution in [3.05, 3.63) is 48.0 Å². The van der Waals surface area contributed by atoms with Crippen molar-refractivity contribution in [3.8, 4) is 5.75 Å². The van der Waals surface area contributed by atoms with Crippen LogP contribution in [-0.4, -0.2) is 56.1 Å². The maximum Gasteiger partial charge on any atom is 0.338 e. The third-order valence-corrected chi connectivity index (χ3v) is 5.40. The van der Waals surface area contributed by atoms with Crippen molar-refractivity contribution < 1.29 is 19.4 Å². The van der Waals surface area contributed by atoms with E-state index in [1.165, 1.54) is 0 Å². The largest absolute Gasteiger partial charge is 0.489 e. The van der Waals surface area contributed by atoms with Gasteiger partial charge in [0.15, 0.2) is 0 Å². The highest BCUT2D eigenvalue weighted by Gasteiger charge is 2.24. The number of esters is 1. The molecule has 1 heterocycles. The summed E-state index contributed by atoms with van der Waals surface area (Å²) in [7, 11) is 0. The minimum atomic E-state index is -0.736. The molecule has 1 aliphatic heterocycles. The number of carbonyl (C=O) groups excluding carboxylic acids is 1. The lowest BCUT2D eigenvalue weighted by Crippen LogP contribution is -2.47. The molecule has 0 aliphatic carbocycles. The summed E-state index contributed by atoms with van der Waals surface area (Å²) in [4.78, 5) is 14.1. The van der Waals surface area contributed by atoms with E-state index in [0.29, 0.717) is 35.8 Å². The van der Waals surface area contributed by atoms with Crippen LogP contribution in [-0.2, 0) is 4.74 Å². The lowest BCUT2D eigenvalue weighted by atomic mass is 10.0. The van der Waals surface area contributed by atoms with Crippen molar-refractivity contribution >= 4 is 23.0 Å². The molecule has 31 heavy (non-hydrogen) atoms. The van der Waals surface area contributed by atoms with Crippen LogP contribution in [0.5, 0.6) is 5.75 Å². The summed E-state index contributed by atoms with van der Waals surface area (Å²) in [5.41, 5.74) is 14.1. The summed E-state index contributed by atoms with van der Waals surface area (Å²) in [6.45, 7) is 4.46. The predicted octanol–water partition coefficient (Wildman–Crippen LogP) is 2.03. The molecule has 6 N–H and O–H groups in total. The molecular weight excluding hydrogens is 396 g/mol. The number of ether oxygens (including phenoxy) is 2. The summed E-state index contributed by atoms with van der Waals surface area (Å²) in [5.74, 6) is 0.127. The average molecular weight is 429 g/mol. The van der Waals surface area contributed by atoms with Crippen molar-refractivity contribution in [3.63, 3.8) is 0 Å². The van der Waals surface area contributed by atoms with E-state index in [4.69, 9.17) is 20.9 Å². The highest BCUT2D eigenvalue weighted by atomic mass is 16.5. The number of hydrogen-bond acceptors (Lipinski definition) is 8. The highest BCUT2D eigenvalue weighted by molar-refractivity contribution is 5.89. The maximum absolute atomic E-state index is 12.0. The van der Waals surface area contributed by atoms with Crippen LogP contribution in [0.2, 0.25) is 0 Å². The summed E-state index contributed by atoms with van der Waals surface area (Å²) in [6, 6.07) is 12.8. The zero-order valence-corrected chi connectivity index (χ0v) is 17.9. The van der Waals surface area contributed by atoms with E-state index in [9.17, 15) is 9.90 Å². The first kappa shape index (κ1) is 22.7. The van der Waals surface area contributed by atoms with Gasteiger partial charge in [-0.05, 0) is 69.3 Å². The first-order valence-electron chi connectivity index (χ1n) is 10.7. The average Bonchev–Trinajstić information content (AvgIpc) is 2.79. The van der Waals surface area contributed by atoms with Gasteiger partial charge in [-0.25, -0.2) is 4.79 Å². The van der Waals surface area contributed by atoms with Crippen LogP contribution in [0.15, 0.2) is 42.5 Å². The Kier molecular flexibility index (Phi) is 7.97. The van der Waals surface area contributed by atoms with Gasteiger partial charge in [-0.15, -0.1) is 0 Å². The van der Waals surface area contributed by atoms with E-state index in [1.807, 2.05) is 12.1 Å². The fourth-order valence-electron chi connectivity index (χ4n) is 3.74. The third-order valence-electron chi connectivity index (χ3n) is 5.40. The lowest BCUT2D eigenvalue weighted by molar-refractivity contribution is 0.0526. The number of para-hydroxylation sites is 1. The quantitative estimate of drug-likeness (QED) is 0.353. The summed E-state index contributed by atoms with van der Waals surface area (Å²) in [6.07, 6.45) is 1.20. The number of carbonyl (C=O) groups is 1. The Hall–Kier alpha value is -2.97. The Morgan fingerprint density at radius 1 is 1.19 bits per heavy atom. The Morgan fingerprint density at radius 3 is 2.58 bits per heavy atom. The minimum absolute atomic E-state index is 0.0933. The second kappa shape index (κ2) is 10.9. The van der Waals surface area contributed by atoms with Gasteiger partial charge in [0.1, 0.15) is 18.5 Å². The van der Waals surface area contributed by atoms with Crippen LogP contribution >= 0.6 is 0 Å². The van der Waals surface area contributed by atoms with Gasteiger partial charge in [0.25, 0.3) is 0 Å². The van der Waals surface area contributed by atoms with Crippen molar-refractivity contribution in [2.75, 3.05) is 49.2 Å². The summed E-state index contributed by atoms with van der Waals surface area (Å²) in [5, 5.41) is 14.1. The fraction of sp³-hybridized carbons (Fsp3) is 0.435. The van der Waals surface area contributed by atoms with E-state index in [0.717, 1.165) is 31.6 Å². The molecule has 8 nitrogen and oxygen atoms in total. The molecule has 0 unspecified atom stereocenters. The van der Waals surface area contributed by atoms with Gasteiger partial charge in [0.2, 0.25) is 0 Å². The molecule has 1 aliphatic rings. The number of rotatable bonds is 9. The summed E-state index contributed by atoms with van der Waals surface area (Å²) >= 11 is 0. The number of benzene rings is 2. The SMILES string of the molecule is CCOC(=O)c1ccc(N(C[C@@H](O)COc2cccc(N)c2N)C2CCNCC2)cc1. The standard InChI is InChI=1S/C23H32N4O4/c1-2-30-23(29)16-6-8-17(9-7-16)27(18-10-12-26-13-11-18)14-19(28)15-31-21-5-3-4-20(24)22(21)25/h3-9,18-19,26,28H,2,10-15,24-25H2,1H3/t19-/m1/s1. The molecule has 0 spiro atoms. The molecule has 0 saturated carbocycles. The van der Waals surface area contributed by atoms with Gasteiger partial charge in [-0.1, -0.05) is 6.07 Å². The molecule has 0 amide bonds. The fourth-order valence-corrected chi connectivity index (χ4v) is 3.74. The predicted molar refractivity (Wildman–Crippen MR) is 122 cm³/mol. The maximum atomic E-state index is 12.0. The van der Waals surface area contributed by atoms with Crippen LogP contribution < -0.4 is 26.4 Å². The molecule has 2 aromatic rings. The van der Waals surface area contributed by atoms with Crippen molar-refractivity contribution in [1.82, 2.24) is 5.32 Å². The first-order chi connectivity index (χ1) is 15.0. The Balaban J connectivity index is 1.70. The number of aliphatic hydroxyl groups is 1. The topological polar surface area (TPSA) is 123 Å². The third kappa shape index (κ3) is 6.02. The number of hydrogen-bond donors (Lipinski definition) is 4. The number of nitrogens with two attached hydrogens (primary N) is 2. The smallest absolute Gasteiger partial charge is 0.338 e. The van der Waals surface area contributed by atoms with Gasteiger partial charge in [-0.3, -0.25) is 0 Å². The number of anilines is 3. The number of aliphatic hydroxyl groups excluding tert-OH is 1. The van der Waals surface area contributed by atoms with Crippen LogP contribution in [0.4, 0.5) is 17.1 Å². The molecule has 3 rings (SSSR count). The number of nitrogens with one attached hydrogen (secondary N) is 1. The Morgan fingerprint density at radius 2 is 1.90 bits per heavy atom. The highest BCUT2D eigenvalue weighted by Crippen LogP contribution is 2.27. The second-order valence-corrected chi connectivity index (χ2v) is 7.62. The molecule has 8 heteroatoms. The monoisotopic (exact) mass is 428 g/mol. The number of nitrogen functional groups attached to an aromatic ring is 2. The summed E-state index contributed by atoms with van der Waals surface area (Å²) < 4.78 is 10.8. The van der Waals surface area contributed by atoms with E-state index >= 15 is 0 Å². The van der Waals surface area contributed by atoms with Gasteiger partial charge in [0.05, 0.1) is 23.5 Å². The number of piperidine rings is 1. The van der Waals surface area contributed by atoms with Crippen LogP contribution in [0.3, 0.4) is 0 Å². The normalized spacial score (nSPS) is 15.3. The van der Waals surface area contributed by atoms with Crippen LogP contribution in [0.25, 0.3) is 0 Å². The van der Waals surface area contributed by atoms with E-state index in [1.54, 1.807) is 37.3 Å². The molecule has 1 saturated heterocycles. The zero-order chi connectivity index (χ0) is 22.2. The van der Waals surface area contributed by atoms with E-state index < -0.39 is 6.10 Å². The van der Waals surface area contributed by atoms with Crippen molar-refractivity contribution in [2.45, 2.75) is 31.9 Å². The molecular formula is C23H32N4O4. The number of nitrogens with zero attached hydrogens (tertiary/aromatic N) is 1. The molecule has 1 fully saturated rings. The van der Waals surface area contributed by atoms with Gasteiger partial charge >= 0.3 is 5.97 Å². The van der Waals surface area contributed by atoms with E-state index in [-0.39, 0.29) is 18.6 Å². The van der Waals surface area contributed by atoms with E-state index in [2.05, 4.69) is 10.2 Å². The molecule has 0 aromatic heterocycles. The first-order valence-corrected chi connectivity index (χ1v) is 10.7. The van der Waals surface area contributed by atoms with Crippen molar-refractivity contribution in [1.29, 1.82) is 0 Å². The van der Waals surface area contributed by atoms with Crippen LogP contribution in [0, 0.1) is 0 Å². The Bertz CT molecular complexity index is 853. The zero-order valence-electron chi connectivity index (χ0n) is 17.9. The second-order valence-electron chi connectivity index (χ2n) is 7.62. The van der Waals surface area contributed by atoms with Gasteiger partial charge in [-0.2, -0.15) is 0 Å². The molecule has 168 valence electrons.